The second-order valence-corrected chi connectivity index (χ2v) is 4.93. The van der Waals surface area contributed by atoms with Crippen LogP contribution in [0.3, 0.4) is 0 Å². The van der Waals surface area contributed by atoms with Crippen molar-refractivity contribution < 1.29 is 14.5 Å². The van der Waals surface area contributed by atoms with Gasteiger partial charge in [0.05, 0.1) is 4.92 Å². The van der Waals surface area contributed by atoms with E-state index in [-0.39, 0.29) is 22.4 Å². The molecule has 0 aromatic heterocycles. The van der Waals surface area contributed by atoms with Crippen LogP contribution in [0.15, 0.2) is 55.1 Å². The van der Waals surface area contributed by atoms with Gasteiger partial charge in [0.2, 0.25) is 5.75 Å². The number of amides is 1. The van der Waals surface area contributed by atoms with Gasteiger partial charge in [0.15, 0.2) is 0 Å². The molecule has 0 saturated carbocycles. The number of benzene rings is 2. The van der Waals surface area contributed by atoms with Crippen molar-refractivity contribution in [2.24, 2.45) is 0 Å². The van der Waals surface area contributed by atoms with Crippen LogP contribution < -0.4 is 10.1 Å². The first-order valence-corrected chi connectivity index (χ1v) is 7.00. The highest BCUT2D eigenvalue weighted by atomic mass is 35.5. The SMILES string of the molecule is C=CCNC(=O)c1ccc(Oc2ccc(Cl)cc2[N+](=O)[O-])cc1. The summed E-state index contributed by atoms with van der Waals surface area (Å²) in [5.74, 6) is 0.202. The zero-order valence-electron chi connectivity index (χ0n) is 12.0. The fourth-order valence-electron chi connectivity index (χ4n) is 1.79. The Labute approximate surface area is 137 Å². The van der Waals surface area contributed by atoms with Gasteiger partial charge in [0, 0.05) is 23.2 Å². The monoisotopic (exact) mass is 332 g/mol. The average Bonchev–Trinajstić information content (AvgIpc) is 2.54. The van der Waals surface area contributed by atoms with Crippen LogP contribution >= 0.6 is 11.6 Å². The van der Waals surface area contributed by atoms with E-state index in [4.69, 9.17) is 16.3 Å². The number of hydrogen-bond acceptors (Lipinski definition) is 4. The van der Waals surface area contributed by atoms with E-state index in [1.807, 2.05) is 0 Å². The summed E-state index contributed by atoms with van der Waals surface area (Å²) in [4.78, 5) is 22.2. The molecule has 0 fully saturated rings. The van der Waals surface area contributed by atoms with Gasteiger partial charge in [0.1, 0.15) is 5.75 Å². The van der Waals surface area contributed by atoms with Crippen LogP contribution in [0.1, 0.15) is 10.4 Å². The van der Waals surface area contributed by atoms with Crippen molar-refractivity contribution >= 4 is 23.2 Å². The number of carbonyl (C=O) groups excluding carboxylic acids is 1. The van der Waals surface area contributed by atoms with E-state index < -0.39 is 4.92 Å². The summed E-state index contributed by atoms with van der Waals surface area (Å²) in [7, 11) is 0. The Morgan fingerprint density at radius 3 is 2.61 bits per heavy atom. The summed E-state index contributed by atoms with van der Waals surface area (Å²) in [5, 5.41) is 13.9. The molecule has 1 N–H and O–H groups in total. The lowest BCUT2D eigenvalue weighted by molar-refractivity contribution is -0.385. The first-order chi connectivity index (χ1) is 11.0. The molecule has 0 aliphatic carbocycles. The lowest BCUT2D eigenvalue weighted by atomic mass is 10.2. The van der Waals surface area contributed by atoms with Gasteiger partial charge in [-0.2, -0.15) is 0 Å². The van der Waals surface area contributed by atoms with Crippen molar-refractivity contribution in [2.75, 3.05) is 6.54 Å². The van der Waals surface area contributed by atoms with Crippen LogP contribution in [0, 0.1) is 10.1 Å². The quantitative estimate of drug-likeness (QED) is 0.493. The largest absolute Gasteiger partial charge is 0.450 e. The molecule has 2 aromatic rings. The van der Waals surface area contributed by atoms with Gasteiger partial charge in [0.25, 0.3) is 5.91 Å². The van der Waals surface area contributed by atoms with E-state index in [2.05, 4.69) is 11.9 Å². The van der Waals surface area contributed by atoms with Crippen LogP contribution in [-0.4, -0.2) is 17.4 Å². The maximum atomic E-state index is 11.8. The van der Waals surface area contributed by atoms with Gasteiger partial charge in [-0.25, -0.2) is 0 Å². The molecular formula is C16H13ClN2O4. The van der Waals surface area contributed by atoms with Crippen molar-refractivity contribution in [2.45, 2.75) is 0 Å². The van der Waals surface area contributed by atoms with Crippen LogP contribution in [0.4, 0.5) is 5.69 Å². The minimum absolute atomic E-state index is 0.0725. The molecule has 23 heavy (non-hydrogen) atoms. The van der Waals surface area contributed by atoms with Gasteiger partial charge in [-0.1, -0.05) is 17.7 Å². The van der Waals surface area contributed by atoms with Gasteiger partial charge in [-0.15, -0.1) is 6.58 Å². The number of nitro groups is 1. The number of nitrogens with one attached hydrogen (secondary N) is 1. The van der Waals surface area contributed by atoms with Crippen molar-refractivity contribution in [3.8, 4) is 11.5 Å². The predicted octanol–water partition coefficient (Wildman–Crippen LogP) is 3.96. The molecule has 0 saturated heterocycles. The molecule has 118 valence electrons. The van der Waals surface area contributed by atoms with Crippen molar-refractivity contribution in [1.82, 2.24) is 5.32 Å². The Kier molecular flexibility index (Phi) is 5.32. The first kappa shape index (κ1) is 16.5. The van der Waals surface area contributed by atoms with Crippen LogP contribution in [0.2, 0.25) is 5.02 Å². The second-order valence-electron chi connectivity index (χ2n) is 4.49. The van der Waals surface area contributed by atoms with Crippen LogP contribution in [0.25, 0.3) is 0 Å². The van der Waals surface area contributed by atoms with Crippen molar-refractivity contribution in [1.29, 1.82) is 0 Å². The lowest BCUT2D eigenvalue weighted by Crippen LogP contribution is -2.22. The Bertz CT molecular complexity index is 744. The van der Waals surface area contributed by atoms with E-state index in [1.54, 1.807) is 30.3 Å². The molecule has 2 aromatic carbocycles. The molecule has 0 heterocycles. The highest BCUT2D eigenvalue weighted by Gasteiger charge is 2.16. The van der Waals surface area contributed by atoms with E-state index in [0.717, 1.165) is 0 Å². The van der Waals surface area contributed by atoms with Gasteiger partial charge in [-0.3, -0.25) is 14.9 Å². The molecule has 0 atom stereocenters. The Morgan fingerprint density at radius 2 is 2.00 bits per heavy atom. The Hall–Kier alpha value is -2.86. The highest BCUT2D eigenvalue weighted by Crippen LogP contribution is 2.33. The van der Waals surface area contributed by atoms with Crippen molar-refractivity contribution in [3.63, 3.8) is 0 Å². The summed E-state index contributed by atoms with van der Waals surface area (Å²) in [6.45, 7) is 3.89. The molecule has 0 aliphatic heterocycles. The minimum Gasteiger partial charge on any atom is -0.450 e. The molecule has 0 bridgehead atoms. The summed E-state index contributed by atoms with van der Waals surface area (Å²) in [5.41, 5.74) is 0.218. The highest BCUT2D eigenvalue weighted by molar-refractivity contribution is 6.30. The predicted molar refractivity (Wildman–Crippen MR) is 87.2 cm³/mol. The minimum atomic E-state index is -0.571. The maximum Gasteiger partial charge on any atom is 0.313 e. The standard InChI is InChI=1S/C16H13ClN2O4/c1-2-9-18-16(20)11-3-6-13(7-4-11)23-15-8-5-12(17)10-14(15)19(21)22/h2-8,10H,1,9H2,(H,18,20). The van der Waals surface area contributed by atoms with Crippen LogP contribution in [0.5, 0.6) is 11.5 Å². The van der Waals surface area contributed by atoms with E-state index in [0.29, 0.717) is 17.9 Å². The fraction of sp³-hybridized carbons (Fsp3) is 0.0625. The summed E-state index contributed by atoms with van der Waals surface area (Å²) in [6, 6.07) is 10.4. The third-order valence-corrected chi connectivity index (χ3v) is 3.10. The number of nitrogens with zero attached hydrogens (tertiary/aromatic N) is 1. The van der Waals surface area contributed by atoms with Gasteiger partial charge >= 0.3 is 5.69 Å². The molecule has 1 amide bonds. The van der Waals surface area contributed by atoms with E-state index in [1.165, 1.54) is 18.2 Å². The first-order valence-electron chi connectivity index (χ1n) is 6.62. The molecule has 6 nitrogen and oxygen atoms in total. The normalized spacial score (nSPS) is 9.96. The number of nitro benzene ring substituents is 1. The third kappa shape index (κ3) is 4.31. The van der Waals surface area contributed by atoms with E-state index >= 15 is 0 Å². The number of halogens is 1. The maximum absolute atomic E-state index is 11.8. The molecule has 0 unspecified atom stereocenters. The summed E-state index contributed by atoms with van der Waals surface area (Å²) < 4.78 is 5.49. The van der Waals surface area contributed by atoms with Crippen molar-refractivity contribution in [3.05, 3.63) is 75.8 Å². The molecule has 0 radical (unpaired) electrons. The zero-order valence-corrected chi connectivity index (χ0v) is 12.7. The van der Waals surface area contributed by atoms with Gasteiger partial charge in [-0.05, 0) is 36.4 Å². The fourth-order valence-corrected chi connectivity index (χ4v) is 1.95. The Morgan fingerprint density at radius 1 is 1.30 bits per heavy atom. The van der Waals surface area contributed by atoms with Crippen LogP contribution in [-0.2, 0) is 0 Å². The average molecular weight is 333 g/mol. The third-order valence-electron chi connectivity index (χ3n) is 2.87. The molecule has 0 aliphatic rings. The summed E-state index contributed by atoms with van der Waals surface area (Å²) >= 11 is 5.75. The number of carbonyl (C=O) groups is 1. The molecule has 7 heteroatoms. The lowest BCUT2D eigenvalue weighted by Gasteiger charge is -2.07. The number of hydrogen-bond donors (Lipinski definition) is 1. The molecule has 0 spiro atoms. The second kappa shape index (κ2) is 7.42. The number of ether oxygens (including phenoxy) is 1. The molecule has 2 rings (SSSR count). The number of rotatable bonds is 6. The van der Waals surface area contributed by atoms with E-state index in [9.17, 15) is 14.9 Å². The van der Waals surface area contributed by atoms with Gasteiger partial charge < -0.3 is 10.1 Å². The zero-order chi connectivity index (χ0) is 16.8. The molecular weight excluding hydrogens is 320 g/mol. The summed E-state index contributed by atoms with van der Waals surface area (Å²) in [6.07, 6.45) is 1.58. The Balaban J connectivity index is 2.17. The topological polar surface area (TPSA) is 81.5 Å². The smallest absolute Gasteiger partial charge is 0.313 e.